The maximum atomic E-state index is 13.4. The molecule has 3 aromatic rings. The third kappa shape index (κ3) is 4.24. The van der Waals surface area contributed by atoms with Crippen LogP contribution in [0.5, 0.6) is 0 Å². The topological polar surface area (TPSA) is 59.2 Å². The molecule has 1 saturated heterocycles. The lowest BCUT2D eigenvalue weighted by atomic mass is 10.0. The molecule has 0 radical (unpaired) electrons. The van der Waals surface area contributed by atoms with Gasteiger partial charge in [0, 0.05) is 25.1 Å². The number of carbonyl (C=O) groups is 1. The smallest absolute Gasteiger partial charge is 0.232 e. The molecule has 1 amide bonds. The third-order valence-corrected chi connectivity index (χ3v) is 5.81. The van der Waals surface area contributed by atoms with Crippen LogP contribution >= 0.6 is 15.9 Å². The van der Waals surface area contributed by atoms with Crippen LogP contribution in [0.2, 0.25) is 0 Å². The Bertz CT molecular complexity index is 1030. The van der Waals surface area contributed by atoms with E-state index in [4.69, 9.17) is 4.52 Å². The molecule has 1 atom stereocenters. The first kappa shape index (κ1) is 19.8. The normalized spacial score (nSPS) is 16.8. The summed E-state index contributed by atoms with van der Waals surface area (Å²) in [5.74, 6) is 0.892. The highest BCUT2D eigenvalue weighted by atomic mass is 79.9. The summed E-state index contributed by atoms with van der Waals surface area (Å²) in [7, 11) is 0. The van der Waals surface area contributed by atoms with Crippen molar-refractivity contribution in [1.82, 2.24) is 15.0 Å². The summed E-state index contributed by atoms with van der Waals surface area (Å²) in [6, 6.07) is 12.9. The van der Waals surface area contributed by atoms with Crippen molar-refractivity contribution in [3.05, 3.63) is 69.8 Å². The molecule has 1 aliphatic heterocycles. The van der Waals surface area contributed by atoms with Gasteiger partial charge in [-0.3, -0.25) is 4.79 Å². The molecule has 0 N–H and O–H groups in total. The van der Waals surface area contributed by atoms with Gasteiger partial charge in [0.25, 0.3) is 0 Å². The second-order valence-corrected chi connectivity index (χ2v) is 8.51. The SMILES string of the molecule is CC(C)c1ccc(CN2CC(c3nc(-c4ccc(F)c(Br)c4)no3)CC2=O)cc1. The number of aromatic nitrogens is 2. The molecule has 4 rings (SSSR count). The van der Waals surface area contributed by atoms with Crippen molar-refractivity contribution in [2.24, 2.45) is 0 Å². The maximum Gasteiger partial charge on any atom is 0.232 e. The highest BCUT2D eigenvalue weighted by Crippen LogP contribution is 2.30. The van der Waals surface area contributed by atoms with E-state index in [0.717, 1.165) is 5.56 Å². The van der Waals surface area contributed by atoms with Crippen LogP contribution in [0.4, 0.5) is 4.39 Å². The number of amides is 1. The van der Waals surface area contributed by atoms with E-state index in [1.165, 1.54) is 11.6 Å². The average Bonchev–Trinajstić information content (AvgIpc) is 3.32. The lowest BCUT2D eigenvalue weighted by molar-refractivity contribution is -0.128. The van der Waals surface area contributed by atoms with Crippen LogP contribution in [-0.4, -0.2) is 27.5 Å². The van der Waals surface area contributed by atoms with Crippen molar-refractivity contribution >= 4 is 21.8 Å². The largest absolute Gasteiger partial charge is 0.339 e. The van der Waals surface area contributed by atoms with E-state index in [9.17, 15) is 9.18 Å². The van der Waals surface area contributed by atoms with Crippen molar-refractivity contribution in [2.75, 3.05) is 6.54 Å². The lowest BCUT2D eigenvalue weighted by Gasteiger charge is -2.16. The number of hydrogen-bond donors (Lipinski definition) is 0. The van der Waals surface area contributed by atoms with Crippen LogP contribution in [0.1, 0.15) is 49.1 Å². The Labute approximate surface area is 177 Å². The predicted octanol–water partition coefficient (Wildman–Crippen LogP) is 5.28. The minimum atomic E-state index is -0.351. The molecule has 0 bridgehead atoms. The Hall–Kier alpha value is -2.54. The minimum Gasteiger partial charge on any atom is -0.339 e. The summed E-state index contributed by atoms with van der Waals surface area (Å²) in [4.78, 5) is 18.8. The van der Waals surface area contributed by atoms with Crippen molar-refractivity contribution in [2.45, 2.75) is 38.6 Å². The van der Waals surface area contributed by atoms with Crippen molar-refractivity contribution in [3.63, 3.8) is 0 Å². The summed E-state index contributed by atoms with van der Waals surface area (Å²) < 4.78 is 19.2. The second kappa shape index (κ2) is 8.06. The Morgan fingerprint density at radius 1 is 1.24 bits per heavy atom. The molecule has 0 spiro atoms. The van der Waals surface area contributed by atoms with Gasteiger partial charge < -0.3 is 9.42 Å². The average molecular weight is 458 g/mol. The van der Waals surface area contributed by atoms with Crippen LogP contribution in [0, 0.1) is 5.82 Å². The molecule has 29 heavy (non-hydrogen) atoms. The fourth-order valence-electron chi connectivity index (χ4n) is 3.47. The zero-order valence-corrected chi connectivity index (χ0v) is 17.8. The van der Waals surface area contributed by atoms with Gasteiger partial charge in [0.05, 0.1) is 10.4 Å². The summed E-state index contributed by atoms with van der Waals surface area (Å²) in [6.07, 6.45) is 0.346. The number of nitrogens with zero attached hydrogens (tertiary/aromatic N) is 3. The molecule has 1 aromatic heterocycles. The zero-order chi connectivity index (χ0) is 20.5. The molecule has 0 aliphatic carbocycles. The van der Waals surface area contributed by atoms with E-state index in [0.29, 0.717) is 47.2 Å². The summed E-state index contributed by atoms with van der Waals surface area (Å²) >= 11 is 3.16. The van der Waals surface area contributed by atoms with E-state index in [1.807, 2.05) is 4.90 Å². The number of halogens is 2. The van der Waals surface area contributed by atoms with Gasteiger partial charge in [0.1, 0.15) is 5.82 Å². The first-order valence-corrected chi connectivity index (χ1v) is 10.4. The van der Waals surface area contributed by atoms with E-state index >= 15 is 0 Å². The molecule has 2 aromatic carbocycles. The van der Waals surface area contributed by atoms with Crippen molar-refractivity contribution in [3.8, 4) is 11.4 Å². The fourth-order valence-corrected chi connectivity index (χ4v) is 3.85. The molecular formula is C22H21BrFN3O2. The second-order valence-electron chi connectivity index (χ2n) is 7.66. The number of benzene rings is 2. The molecule has 0 saturated carbocycles. The summed E-state index contributed by atoms with van der Waals surface area (Å²) in [5.41, 5.74) is 3.04. The predicted molar refractivity (Wildman–Crippen MR) is 111 cm³/mol. The van der Waals surface area contributed by atoms with Gasteiger partial charge >= 0.3 is 0 Å². The monoisotopic (exact) mass is 457 g/mol. The van der Waals surface area contributed by atoms with Crippen molar-refractivity contribution in [1.29, 1.82) is 0 Å². The van der Waals surface area contributed by atoms with Crippen LogP contribution in [0.15, 0.2) is 51.5 Å². The molecule has 150 valence electrons. The van der Waals surface area contributed by atoms with Gasteiger partial charge in [-0.1, -0.05) is 43.3 Å². The summed E-state index contributed by atoms with van der Waals surface area (Å²) in [5, 5.41) is 4.00. The van der Waals surface area contributed by atoms with Crippen molar-refractivity contribution < 1.29 is 13.7 Å². The van der Waals surface area contributed by atoms with Crippen LogP contribution in [0.3, 0.4) is 0 Å². The molecule has 1 unspecified atom stereocenters. The number of hydrogen-bond acceptors (Lipinski definition) is 4. The van der Waals surface area contributed by atoms with Gasteiger partial charge in [-0.15, -0.1) is 0 Å². The van der Waals surface area contributed by atoms with E-state index < -0.39 is 0 Å². The van der Waals surface area contributed by atoms with Crippen LogP contribution in [0.25, 0.3) is 11.4 Å². The molecule has 2 heterocycles. The maximum absolute atomic E-state index is 13.4. The van der Waals surface area contributed by atoms with Gasteiger partial charge in [-0.05, 0) is 51.2 Å². The van der Waals surface area contributed by atoms with Gasteiger partial charge in [0.2, 0.25) is 17.6 Å². The van der Waals surface area contributed by atoms with E-state index in [-0.39, 0.29) is 17.6 Å². The first-order chi connectivity index (χ1) is 13.9. The molecule has 7 heteroatoms. The minimum absolute atomic E-state index is 0.0761. The van der Waals surface area contributed by atoms with Crippen LogP contribution < -0.4 is 0 Å². The number of rotatable bonds is 5. The van der Waals surface area contributed by atoms with Gasteiger partial charge in [0.15, 0.2) is 0 Å². The third-order valence-electron chi connectivity index (χ3n) is 5.20. The van der Waals surface area contributed by atoms with Crippen LogP contribution in [-0.2, 0) is 11.3 Å². The fraction of sp³-hybridized carbons (Fsp3) is 0.318. The Kier molecular flexibility index (Phi) is 5.50. The van der Waals surface area contributed by atoms with E-state index in [1.54, 1.807) is 12.1 Å². The Morgan fingerprint density at radius 2 is 2.00 bits per heavy atom. The first-order valence-electron chi connectivity index (χ1n) is 9.56. The Balaban J connectivity index is 1.45. The number of carbonyl (C=O) groups excluding carboxylic acids is 1. The Morgan fingerprint density at radius 3 is 2.69 bits per heavy atom. The van der Waals surface area contributed by atoms with Gasteiger partial charge in [-0.25, -0.2) is 4.39 Å². The standard InChI is InChI=1S/C22H21BrFN3O2/c1-13(2)15-5-3-14(4-6-15)11-27-12-17(10-20(27)28)22-25-21(26-29-22)16-7-8-19(24)18(23)9-16/h3-9,13,17H,10-12H2,1-2H3. The molecular weight excluding hydrogens is 437 g/mol. The highest BCUT2D eigenvalue weighted by molar-refractivity contribution is 9.10. The quantitative estimate of drug-likeness (QED) is 0.522. The summed E-state index contributed by atoms with van der Waals surface area (Å²) in [6.45, 7) is 5.43. The number of likely N-dealkylation sites (tertiary alicyclic amines) is 1. The van der Waals surface area contributed by atoms with E-state index in [2.05, 4.69) is 64.2 Å². The zero-order valence-electron chi connectivity index (χ0n) is 16.2. The highest BCUT2D eigenvalue weighted by Gasteiger charge is 2.34. The molecule has 5 nitrogen and oxygen atoms in total. The lowest BCUT2D eigenvalue weighted by Crippen LogP contribution is -2.24. The molecule has 1 fully saturated rings. The molecule has 1 aliphatic rings. The van der Waals surface area contributed by atoms with Gasteiger partial charge in [-0.2, -0.15) is 4.98 Å².